The van der Waals surface area contributed by atoms with Crippen LogP contribution in [-0.2, 0) is 0 Å². The van der Waals surface area contributed by atoms with Gasteiger partial charge in [-0.05, 0) is 6.07 Å². The summed E-state index contributed by atoms with van der Waals surface area (Å²) in [7, 11) is 0. The molecule has 0 aliphatic carbocycles. The quantitative estimate of drug-likeness (QED) is 0.643. The van der Waals surface area contributed by atoms with Crippen molar-refractivity contribution in [3.8, 4) is 17.3 Å². The first-order valence-electron chi connectivity index (χ1n) is 5.57. The number of nitrogens with two attached hydrogens (primary N) is 2. The maximum Gasteiger partial charge on any atom is 0.510 e. The second kappa shape index (κ2) is 4.94. The third-order valence-corrected chi connectivity index (χ3v) is 2.70. The number of nitrogens with zero attached hydrogens (tertiary/aromatic N) is 3. The van der Waals surface area contributed by atoms with Crippen molar-refractivity contribution in [3.63, 3.8) is 0 Å². The first-order valence-corrected chi connectivity index (χ1v) is 5.57. The molecular formula is C11H7BF4N5-. The van der Waals surface area contributed by atoms with Crippen LogP contribution in [0.5, 0.6) is 0 Å². The summed E-state index contributed by atoms with van der Waals surface area (Å²) < 4.78 is 53.1. The summed E-state index contributed by atoms with van der Waals surface area (Å²) in [5.74, 6) is -2.05. The molecule has 0 radical (unpaired) electrons. The zero-order valence-corrected chi connectivity index (χ0v) is 10.3. The predicted octanol–water partition coefficient (Wildman–Crippen LogP) is 1.37. The van der Waals surface area contributed by atoms with Crippen LogP contribution in [0, 0.1) is 17.1 Å². The topological polar surface area (TPSA) is 102 Å². The summed E-state index contributed by atoms with van der Waals surface area (Å²) >= 11 is 0. The Labute approximate surface area is 116 Å². The largest absolute Gasteiger partial charge is 0.510 e. The van der Waals surface area contributed by atoms with Gasteiger partial charge in [0.1, 0.15) is 23.3 Å². The van der Waals surface area contributed by atoms with Crippen LogP contribution >= 0.6 is 0 Å². The Balaban J connectivity index is 2.89. The lowest BCUT2D eigenvalue weighted by atomic mass is 9.75. The molecule has 0 atom stereocenters. The molecule has 0 spiro atoms. The van der Waals surface area contributed by atoms with Gasteiger partial charge in [-0.2, -0.15) is 10.2 Å². The molecule has 0 unspecified atom stereocenters. The molecule has 21 heavy (non-hydrogen) atoms. The molecule has 2 aromatic rings. The molecule has 0 amide bonds. The highest BCUT2D eigenvalue weighted by atomic mass is 19.4. The number of anilines is 2. The van der Waals surface area contributed by atoms with Crippen LogP contribution in [0.15, 0.2) is 18.2 Å². The zero-order chi connectivity index (χ0) is 15.8. The lowest BCUT2D eigenvalue weighted by Crippen LogP contribution is -2.36. The first-order chi connectivity index (χ1) is 9.75. The van der Waals surface area contributed by atoms with Crippen molar-refractivity contribution in [2.45, 2.75) is 0 Å². The smallest absolute Gasteiger partial charge is 0.445 e. The number of aromatic nitrogens is 2. The van der Waals surface area contributed by atoms with Gasteiger partial charge in [0.05, 0.1) is 5.69 Å². The van der Waals surface area contributed by atoms with Gasteiger partial charge in [-0.25, -0.2) is 9.37 Å². The van der Waals surface area contributed by atoms with E-state index in [0.29, 0.717) is 6.07 Å². The van der Waals surface area contributed by atoms with E-state index >= 15 is 0 Å². The molecule has 1 aromatic heterocycles. The summed E-state index contributed by atoms with van der Waals surface area (Å²) in [5, 5.41) is 8.99. The van der Waals surface area contributed by atoms with Crippen LogP contribution in [0.1, 0.15) is 5.56 Å². The fourth-order valence-corrected chi connectivity index (χ4v) is 1.85. The molecule has 1 aromatic carbocycles. The maximum atomic E-state index is 13.9. The zero-order valence-electron chi connectivity index (χ0n) is 10.3. The predicted molar refractivity (Wildman–Crippen MR) is 69.7 cm³/mol. The number of nitrogen functional groups attached to an aromatic ring is 2. The number of rotatable bonds is 2. The third-order valence-electron chi connectivity index (χ3n) is 2.70. The van der Waals surface area contributed by atoms with Gasteiger partial charge in [0.15, 0.2) is 0 Å². The van der Waals surface area contributed by atoms with Crippen molar-refractivity contribution >= 4 is 24.2 Å². The lowest BCUT2D eigenvalue weighted by Gasteiger charge is -2.20. The number of hydrogen-bond acceptors (Lipinski definition) is 5. The highest BCUT2D eigenvalue weighted by molar-refractivity contribution is 6.75. The van der Waals surface area contributed by atoms with Crippen LogP contribution in [0.2, 0.25) is 0 Å². The van der Waals surface area contributed by atoms with Crippen LogP contribution in [0.4, 0.5) is 29.1 Å². The van der Waals surface area contributed by atoms with Crippen molar-refractivity contribution < 1.29 is 17.3 Å². The summed E-state index contributed by atoms with van der Waals surface area (Å²) in [6, 6.07) is 4.01. The van der Waals surface area contributed by atoms with E-state index in [0.717, 1.165) is 12.1 Å². The molecule has 0 saturated heterocycles. The van der Waals surface area contributed by atoms with E-state index in [1.165, 1.54) is 0 Å². The van der Waals surface area contributed by atoms with Gasteiger partial charge in [0.2, 0.25) is 5.95 Å². The lowest BCUT2D eigenvalue weighted by molar-refractivity contribution is 0.500. The molecule has 0 aliphatic rings. The highest BCUT2D eigenvalue weighted by Gasteiger charge is 2.32. The van der Waals surface area contributed by atoms with E-state index in [4.69, 9.17) is 16.7 Å². The van der Waals surface area contributed by atoms with Gasteiger partial charge in [-0.3, -0.25) is 0 Å². The van der Waals surface area contributed by atoms with Gasteiger partial charge in [0, 0.05) is 5.56 Å². The van der Waals surface area contributed by atoms with Crippen LogP contribution < -0.4 is 16.9 Å². The van der Waals surface area contributed by atoms with E-state index in [1.54, 1.807) is 6.07 Å². The standard InChI is InChI=1S/C11H7BF4N5/c13-7-3-1-2-6(12(14,15)16)8(7)9-5(4-17)10(18)21-11(19)20-9/h1-3H,(H4,18,19,20,21)/q-1. The molecule has 0 aliphatic heterocycles. The molecule has 10 heteroatoms. The Morgan fingerprint density at radius 2 is 1.81 bits per heavy atom. The molecule has 4 N–H and O–H groups in total. The molecule has 108 valence electrons. The fraction of sp³-hybridized carbons (Fsp3) is 0. The van der Waals surface area contributed by atoms with E-state index in [2.05, 4.69) is 9.97 Å². The number of hydrogen-bond donors (Lipinski definition) is 2. The molecule has 0 fully saturated rings. The normalized spacial score (nSPS) is 11.2. The monoisotopic (exact) mass is 296 g/mol. The van der Waals surface area contributed by atoms with Crippen LogP contribution in [-0.4, -0.2) is 16.9 Å². The summed E-state index contributed by atoms with van der Waals surface area (Å²) in [5.41, 5.74) is 7.63. The van der Waals surface area contributed by atoms with Gasteiger partial charge < -0.3 is 24.4 Å². The molecule has 0 saturated carbocycles. The number of benzene rings is 1. The van der Waals surface area contributed by atoms with Crippen molar-refractivity contribution in [1.82, 2.24) is 9.97 Å². The Kier molecular flexibility index (Phi) is 3.43. The Hall–Kier alpha value is -2.83. The number of nitriles is 1. The minimum Gasteiger partial charge on any atom is -0.445 e. The van der Waals surface area contributed by atoms with Crippen LogP contribution in [0.3, 0.4) is 0 Å². The molecular weight excluding hydrogens is 289 g/mol. The molecule has 1 heterocycles. The average Bonchev–Trinajstić information content (AvgIpc) is 2.36. The van der Waals surface area contributed by atoms with Crippen molar-refractivity contribution in [2.75, 3.05) is 11.5 Å². The summed E-state index contributed by atoms with van der Waals surface area (Å²) in [4.78, 5) is 7.02. The van der Waals surface area contributed by atoms with Gasteiger partial charge in [-0.15, -0.1) is 0 Å². The van der Waals surface area contributed by atoms with E-state index in [9.17, 15) is 17.3 Å². The third kappa shape index (κ3) is 2.58. The summed E-state index contributed by atoms with van der Waals surface area (Å²) in [6.07, 6.45) is 0. The van der Waals surface area contributed by atoms with E-state index in [1.807, 2.05) is 0 Å². The average molecular weight is 296 g/mol. The highest BCUT2D eigenvalue weighted by Crippen LogP contribution is 2.28. The van der Waals surface area contributed by atoms with Crippen molar-refractivity contribution in [1.29, 1.82) is 5.26 Å². The number of halogens is 4. The summed E-state index contributed by atoms with van der Waals surface area (Å²) in [6.45, 7) is -5.52. The van der Waals surface area contributed by atoms with E-state index < -0.39 is 46.8 Å². The minimum atomic E-state index is -5.52. The minimum absolute atomic E-state index is 0.413. The van der Waals surface area contributed by atoms with Gasteiger partial charge in [0.25, 0.3) is 0 Å². The van der Waals surface area contributed by atoms with Crippen molar-refractivity contribution in [2.24, 2.45) is 0 Å². The molecule has 5 nitrogen and oxygen atoms in total. The Morgan fingerprint density at radius 1 is 1.14 bits per heavy atom. The maximum absolute atomic E-state index is 13.9. The van der Waals surface area contributed by atoms with Crippen LogP contribution in [0.25, 0.3) is 11.3 Å². The molecule has 2 rings (SSSR count). The first kappa shape index (κ1) is 14.6. The SMILES string of the molecule is N#Cc1c(N)nc(N)nc1-c1c(F)cccc1[B-](F)(F)F. The van der Waals surface area contributed by atoms with Gasteiger partial charge in [-0.1, -0.05) is 17.6 Å². The Bertz CT molecular complexity index is 753. The molecule has 0 bridgehead atoms. The second-order valence-electron chi connectivity index (χ2n) is 4.08. The fourth-order valence-electron chi connectivity index (χ4n) is 1.85. The Morgan fingerprint density at radius 3 is 2.38 bits per heavy atom. The van der Waals surface area contributed by atoms with Crippen molar-refractivity contribution in [3.05, 3.63) is 29.6 Å². The van der Waals surface area contributed by atoms with Gasteiger partial charge >= 0.3 is 6.98 Å². The second-order valence-corrected chi connectivity index (χ2v) is 4.08. The van der Waals surface area contributed by atoms with E-state index in [-0.39, 0.29) is 0 Å².